The summed E-state index contributed by atoms with van der Waals surface area (Å²) in [6.07, 6.45) is 9.81. The third kappa shape index (κ3) is 9.37. The molecule has 12 heteroatoms. The number of benzene rings is 1. The molecule has 0 aliphatic heterocycles. The Morgan fingerprint density at radius 2 is 1.62 bits per heavy atom. The third-order valence-electron chi connectivity index (χ3n) is 7.94. The quantitative estimate of drug-likeness (QED) is 0.108. The van der Waals surface area contributed by atoms with Crippen molar-refractivity contribution in [2.24, 2.45) is 5.92 Å². The van der Waals surface area contributed by atoms with Gasteiger partial charge in [-0.05, 0) is 61.9 Å². The van der Waals surface area contributed by atoms with E-state index in [1.807, 2.05) is 10.6 Å². The highest BCUT2D eigenvalue weighted by Gasteiger charge is 2.28. The first-order valence-electron chi connectivity index (χ1n) is 16.0. The molecule has 2 aliphatic rings. The number of rotatable bonds is 17. The molecule has 1 aromatic carbocycles. The predicted octanol–water partition coefficient (Wildman–Crippen LogP) is 8.06. The van der Waals surface area contributed by atoms with Crippen molar-refractivity contribution in [1.29, 1.82) is 0 Å². The molecular formula is C33H47F2N3O5Si2. The van der Waals surface area contributed by atoms with Gasteiger partial charge in [-0.25, -0.2) is 4.68 Å². The number of nitrogens with zero attached hydrogens (tertiary/aromatic N) is 3. The standard InChI is InChI=1S/C33H47F2N3O5Si2/c1-44(2,3)17-15-40-21-37-27-20-36-38(22-41-16-18-45(4,5)6)32(39)30(27)26(13-9-23-7-8-23)31(37)24-10-14-28(43-33(34)35)29(19-24)42-25-11-12-25/h9-10,13-14,19-20,23,25,33H,7-8,11-12,15-18,21-22H2,1-6H3. The molecule has 0 spiro atoms. The van der Waals surface area contributed by atoms with E-state index in [1.54, 1.807) is 18.3 Å². The van der Waals surface area contributed by atoms with Crippen LogP contribution in [0.5, 0.6) is 11.5 Å². The van der Waals surface area contributed by atoms with Crippen LogP contribution in [0.1, 0.15) is 31.2 Å². The summed E-state index contributed by atoms with van der Waals surface area (Å²) in [4.78, 5) is 14.1. The van der Waals surface area contributed by atoms with Gasteiger partial charge < -0.3 is 23.5 Å². The zero-order chi connectivity index (χ0) is 32.4. The van der Waals surface area contributed by atoms with E-state index in [1.165, 1.54) is 10.7 Å². The fourth-order valence-electron chi connectivity index (χ4n) is 4.91. The minimum Gasteiger partial charge on any atom is -0.487 e. The highest BCUT2D eigenvalue weighted by molar-refractivity contribution is 6.76. The van der Waals surface area contributed by atoms with Crippen molar-refractivity contribution in [3.05, 3.63) is 46.4 Å². The maximum absolute atomic E-state index is 14.1. The second-order valence-corrected chi connectivity index (χ2v) is 25.9. The largest absolute Gasteiger partial charge is 0.487 e. The summed E-state index contributed by atoms with van der Waals surface area (Å²) in [7, 11) is -2.62. The summed E-state index contributed by atoms with van der Waals surface area (Å²) in [5.74, 6) is 0.716. The van der Waals surface area contributed by atoms with Crippen molar-refractivity contribution in [2.75, 3.05) is 13.2 Å². The molecule has 0 amide bonds. The van der Waals surface area contributed by atoms with E-state index in [9.17, 15) is 13.6 Å². The average molecular weight is 660 g/mol. The fourth-order valence-corrected chi connectivity index (χ4v) is 6.43. The molecular weight excluding hydrogens is 613 g/mol. The highest BCUT2D eigenvalue weighted by atomic mass is 28.3. The minimum absolute atomic E-state index is 0.00995. The van der Waals surface area contributed by atoms with Crippen LogP contribution in [0, 0.1) is 5.92 Å². The predicted molar refractivity (Wildman–Crippen MR) is 180 cm³/mol. The van der Waals surface area contributed by atoms with Crippen molar-refractivity contribution < 1.29 is 27.7 Å². The third-order valence-corrected chi connectivity index (χ3v) is 11.4. The number of hydrogen-bond donors (Lipinski definition) is 0. The molecule has 0 radical (unpaired) electrons. The van der Waals surface area contributed by atoms with E-state index >= 15 is 0 Å². The summed E-state index contributed by atoms with van der Waals surface area (Å²) in [6, 6.07) is 6.98. The van der Waals surface area contributed by atoms with Gasteiger partial charge >= 0.3 is 6.61 Å². The average Bonchev–Trinajstić information content (AvgIpc) is 3.88. The van der Waals surface area contributed by atoms with Crippen molar-refractivity contribution in [1.82, 2.24) is 14.3 Å². The number of hydrogen-bond acceptors (Lipinski definition) is 6. The van der Waals surface area contributed by atoms with E-state index in [2.05, 4.69) is 50.5 Å². The molecule has 2 saturated carbocycles. The van der Waals surface area contributed by atoms with Crippen molar-refractivity contribution >= 4 is 33.1 Å². The van der Waals surface area contributed by atoms with E-state index in [-0.39, 0.29) is 36.6 Å². The molecule has 45 heavy (non-hydrogen) atoms. The van der Waals surface area contributed by atoms with Gasteiger partial charge in [-0.1, -0.05) is 51.4 Å². The molecule has 3 aromatic rings. The molecule has 0 saturated heterocycles. The van der Waals surface area contributed by atoms with Gasteiger partial charge in [0.2, 0.25) is 0 Å². The molecule has 2 aromatic heterocycles. The number of alkyl halides is 2. The van der Waals surface area contributed by atoms with Gasteiger partial charge in [-0.3, -0.25) is 4.79 Å². The Bertz CT molecular complexity index is 1570. The molecule has 2 heterocycles. The SMILES string of the molecule is C[Si](C)(C)CCOCn1ncc2c(c(C=CC3CC3)c(-c3ccc(OC(F)F)c(OC4CC4)c3)n2COCC[Si](C)(C)C)c1=O. The Hall–Kier alpha value is -2.81. The Morgan fingerprint density at radius 3 is 2.22 bits per heavy atom. The van der Waals surface area contributed by atoms with Gasteiger partial charge in [0.05, 0.1) is 28.9 Å². The summed E-state index contributed by atoms with van der Waals surface area (Å²) in [6.45, 7) is 12.2. The van der Waals surface area contributed by atoms with Crippen LogP contribution < -0.4 is 15.0 Å². The lowest BCUT2D eigenvalue weighted by atomic mass is 10.0. The molecule has 246 valence electrons. The zero-order valence-electron chi connectivity index (χ0n) is 27.4. The summed E-state index contributed by atoms with van der Waals surface area (Å²) in [5, 5.41) is 5.03. The molecule has 0 unspecified atom stereocenters. The number of ether oxygens (including phenoxy) is 4. The summed E-state index contributed by atoms with van der Waals surface area (Å²) in [5.41, 5.74) is 2.61. The summed E-state index contributed by atoms with van der Waals surface area (Å²) >= 11 is 0. The maximum Gasteiger partial charge on any atom is 0.387 e. The van der Waals surface area contributed by atoms with Crippen LogP contribution in [0.4, 0.5) is 8.78 Å². The molecule has 5 rings (SSSR count). The lowest BCUT2D eigenvalue weighted by Gasteiger charge is -2.18. The maximum atomic E-state index is 14.1. The Balaban J connectivity index is 1.61. The van der Waals surface area contributed by atoms with Crippen LogP contribution in [0.15, 0.2) is 35.3 Å². The highest BCUT2D eigenvalue weighted by Crippen LogP contribution is 2.41. The van der Waals surface area contributed by atoms with Gasteiger partial charge in [-0.15, -0.1) is 0 Å². The van der Waals surface area contributed by atoms with Crippen LogP contribution in [0.25, 0.3) is 28.2 Å². The Kier molecular flexibility index (Phi) is 10.4. The van der Waals surface area contributed by atoms with Crippen LogP contribution in [-0.4, -0.2) is 56.4 Å². The lowest BCUT2D eigenvalue weighted by molar-refractivity contribution is -0.0516. The Morgan fingerprint density at radius 1 is 0.956 bits per heavy atom. The van der Waals surface area contributed by atoms with E-state index in [4.69, 9.17) is 18.9 Å². The minimum atomic E-state index is -2.97. The second kappa shape index (κ2) is 13.9. The molecule has 2 fully saturated rings. The van der Waals surface area contributed by atoms with E-state index < -0.39 is 22.8 Å². The van der Waals surface area contributed by atoms with Gasteiger partial charge in [-0.2, -0.15) is 13.9 Å². The van der Waals surface area contributed by atoms with E-state index in [0.717, 1.165) is 49.0 Å². The fraction of sp³-hybridized carbons (Fsp3) is 0.576. The lowest BCUT2D eigenvalue weighted by Crippen LogP contribution is -2.26. The zero-order valence-corrected chi connectivity index (χ0v) is 29.4. The smallest absolute Gasteiger partial charge is 0.387 e. The van der Waals surface area contributed by atoms with Crippen molar-refractivity contribution in [3.8, 4) is 22.8 Å². The number of halogens is 2. The molecule has 0 atom stereocenters. The van der Waals surface area contributed by atoms with Gasteiger partial charge in [0.25, 0.3) is 5.56 Å². The number of allylic oxidation sites excluding steroid dienone is 1. The van der Waals surface area contributed by atoms with Crippen LogP contribution in [0.2, 0.25) is 51.4 Å². The van der Waals surface area contributed by atoms with Crippen LogP contribution in [0.3, 0.4) is 0 Å². The first-order chi connectivity index (χ1) is 21.3. The first-order valence-corrected chi connectivity index (χ1v) is 23.4. The van der Waals surface area contributed by atoms with Gasteiger partial charge in [0.1, 0.15) is 13.5 Å². The van der Waals surface area contributed by atoms with Crippen molar-refractivity contribution in [3.63, 3.8) is 0 Å². The normalized spacial score (nSPS) is 15.9. The first kappa shape index (κ1) is 33.6. The van der Waals surface area contributed by atoms with E-state index in [0.29, 0.717) is 35.6 Å². The topological polar surface area (TPSA) is 76.7 Å². The van der Waals surface area contributed by atoms with Crippen LogP contribution in [-0.2, 0) is 22.9 Å². The number of aromatic nitrogens is 3. The van der Waals surface area contributed by atoms with Crippen LogP contribution >= 0.6 is 0 Å². The van der Waals surface area contributed by atoms with Crippen molar-refractivity contribution in [2.45, 2.75) is 103 Å². The Labute approximate surface area is 266 Å². The second-order valence-electron chi connectivity index (χ2n) is 14.6. The molecule has 8 nitrogen and oxygen atoms in total. The number of fused-ring (bicyclic) bond motifs is 1. The monoisotopic (exact) mass is 659 g/mol. The van der Waals surface area contributed by atoms with Gasteiger partial charge in [0.15, 0.2) is 11.5 Å². The molecule has 0 N–H and O–H groups in total. The molecule has 0 bridgehead atoms. The molecule has 2 aliphatic carbocycles. The van der Waals surface area contributed by atoms with Gasteiger partial charge in [0, 0.05) is 40.5 Å². The summed E-state index contributed by atoms with van der Waals surface area (Å²) < 4.78 is 52.9.